The zero-order valence-electron chi connectivity index (χ0n) is 12.4. The van der Waals surface area contributed by atoms with Crippen molar-refractivity contribution in [3.05, 3.63) is 29.8 Å². The first kappa shape index (κ1) is 14.7. The molecule has 0 N–H and O–H groups in total. The average molecular weight is 267 g/mol. The average Bonchev–Trinajstić information content (AvgIpc) is 2.60. The van der Waals surface area contributed by atoms with Gasteiger partial charge in [-0.05, 0) is 45.3 Å². The second-order valence-electron chi connectivity index (χ2n) is 5.85. The Morgan fingerprint density at radius 1 is 1.05 bits per heavy atom. The summed E-state index contributed by atoms with van der Waals surface area (Å²) in [5.41, 5.74) is 1.21. The monoisotopic (exact) mass is 267 g/mol. The fraction of sp³-hybridized carbons (Fsp3) is 0.438. The van der Waals surface area contributed by atoms with Crippen LogP contribution in [0.3, 0.4) is 0 Å². The Kier molecular flexibility index (Phi) is 3.90. The molecule has 4 heteroatoms. The molecule has 2 rings (SSSR count). The van der Waals surface area contributed by atoms with Crippen molar-refractivity contribution in [1.29, 1.82) is 5.26 Å². The summed E-state index contributed by atoms with van der Waals surface area (Å²) in [4.78, 5) is 0. The minimum atomic E-state index is -0.346. The Labute approximate surface area is 121 Å². The van der Waals surface area contributed by atoms with Gasteiger partial charge >= 0.3 is 7.12 Å². The number of benzene rings is 1. The van der Waals surface area contributed by atoms with Crippen LogP contribution in [-0.4, -0.2) is 18.3 Å². The zero-order chi connectivity index (χ0) is 14.8. The second kappa shape index (κ2) is 5.33. The highest BCUT2D eigenvalue weighted by Gasteiger charge is 2.51. The van der Waals surface area contributed by atoms with Crippen molar-refractivity contribution < 1.29 is 9.31 Å². The van der Waals surface area contributed by atoms with Gasteiger partial charge in [0.25, 0.3) is 0 Å². The van der Waals surface area contributed by atoms with E-state index in [4.69, 9.17) is 14.6 Å². The van der Waals surface area contributed by atoms with Gasteiger partial charge in [-0.1, -0.05) is 24.0 Å². The molecule has 102 valence electrons. The van der Waals surface area contributed by atoms with E-state index in [1.807, 2.05) is 58.0 Å². The van der Waals surface area contributed by atoms with Crippen LogP contribution in [0, 0.1) is 23.2 Å². The molecule has 0 unspecified atom stereocenters. The van der Waals surface area contributed by atoms with E-state index in [1.54, 1.807) is 0 Å². The number of rotatable bonds is 1. The second-order valence-corrected chi connectivity index (χ2v) is 5.85. The van der Waals surface area contributed by atoms with Gasteiger partial charge in [0, 0.05) is 5.56 Å². The topological polar surface area (TPSA) is 42.2 Å². The maximum atomic E-state index is 8.44. The molecule has 0 bridgehead atoms. The zero-order valence-corrected chi connectivity index (χ0v) is 12.4. The highest BCUT2D eigenvalue weighted by molar-refractivity contribution is 6.62. The summed E-state index contributed by atoms with van der Waals surface area (Å²) in [6, 6.07) is 9.76. The molecule has 1 aliphatic heterocycles. The molecular weight excluding hydrogens is 249 g/mol. The van der Waals surface area contributed by atoms with Crippen LogP contribution < -0.4 is 5.46 Å². The minimum absolute atomic E-state index is 0.249. The third-order valence-electron chi connectivity index (χ3n) is 3.84. The molecule has 0 aromatic heterocycles. The van der Waals surface area contributed by atoms with Crippen LogP contribution in [0.5, 0.6) is 0 Å². The number of hydrogen-bond acceptors (Lipinski definition) is 3. The van der Waals surface area contributed by atoms with Gasteiger partial charge in [0.2, 0.25) is 0 Å². The molecule has 0 amide bonds. The maximum absolute atomic E-state index is 8.44. The van der Waals surface area contributed by atoms with Crippen LogP contribution in [0.4, 0.5) is 0 Å². The highest BCUT2D eigenvalue weighted by atomic mass is 16.7. The third kappa shape index (κ3) is 2.88. The molecule has 1 heterocycles. The minimum Gasteiger partial charge on any atom is -0.399 e. The fourth-order valence-electron chi connectivity index (χ4n) is 1.89. The molecule has 1 aromatic carbocycles. The first-order chi connectivity index (χ1) is 9.36. The molecule has 0 spiro atoms. The smallest absolute Gasteiger partial charge is 0.399 e. The lowest BCUT2D eigenvalue weighted by atomic mass is 9.79. The SMILES string of the molecule is CC1(C)OB(c2ccc(C#CCC#N)cc2)OC1(C)C. The summed E-state index contributed by atoms with van der Waals surface area (Å²) in [6.45, 7) is 8.15. The highest BCUT2D eigenvalue weighted by Crippen LogP contribution is 2.36. The summed E-state index contributed by atoms with van der Waals surface area (Å²) < 4.78 is 12.0. The van der Waals surface area contributed by atoms with Gasteiger partial charge in [-0.25, -0.2) is 0 Å². The molecule has 1 aromatic rings. The lowest BCUT2D eigenvalue weighted by molar-refractivity contribution is 0.00578. The first-order valence-electron chi connectivity index (χ1n) is 6.67. The van der Waals surface area contributed by atoms with Crippen LogP contribution in [0.25, 0.3) is 0 Å². The van der Waals surface area contributed by atoms with E-state index >= 15 is 0 Å². The quantitative estimate of drug-likeness (QED) is 0.579. The molecule has 0 radical (unpaired) electrons. The number of nitrogens with zero attached hydrogens (tertiary/aromatic N) is 1. The van der Waals surface area contributed by atoms with Crippen molar-refractivity contribution in [1.82, 2.24) is 0 Å². The van der Waals surface area contributed by atoms with Gasteiger partial charge in [-0.15, -0.1) is 0 Å². The van der Waals surface area contributed by atoms with Crippen LogP contribution in [-0.2, 0) is 9.31 Å². The van der Waals surface area contributed by atoms with Gasteiger partial charge in [-0.3, -0.25) is 0 Å². The Bertz CT molecular complexity index is 572. The van der Waals surface area contributed by atoms with Crippen LogP contribution in [0.2, 0.25) is 0 Å². The molecule has 1 saturated heterocycles. The largest absolute Gasteiger partial charge is 0.494 e. The van der Waals surface area contributed by atoms with E-state index < -0.39 is 0 Å². The van der Waals surface area contributed by atoms with Crippen LogP contribution in [0.1, 0.15) is 39.7 Å². The van der Waals surface area contributed by atoms with E-state index in [9.17, 15) is 0 Å². The summed E-state index contributed by atoms with van der Waals surface area (Å²) >= 11 is 0. The summed E-state index contributed by atoms with van der Waals surface area (Å²) in [7, 11) is -0.346. The van der Waals surface area contributed by atoms with Crippen LogP contribution in [0.15, 0.2) is 24.3 Å². The Morgan fingerprint density at radius 3 is 2.10 bits per heavy atom. The van der Waals surface area contributed by atoms with Crippen molar-refractivity contribution in [3.8, 4) is 17.9 Å². The van der Waals surface area contributed by atoms with Crippen molar-refractivity contribution in [2.24, 2.45) is 0 Å². The molecule has 3 nitrogen and oxygen atoms in total. The van der Waals surface area contributed by atoms with E-state index in [-0.39, 0.29) is 24.7 Å². The van der Waals surface area contributed by atoms with E-state index in [1.165, 1.54) is 0 Å². The lowest BCUT2D eigenvalue weighted by Crippen LogP contribution is -2.41. The maximum Gasteiger partial charge on any atom is 0.494 e. The third-order valence-corrected chi connectivity index (χ3v) is 3.84. The fourth-order valence-corrected chi connectivity index (χ4v) is 1.89. The standard InChI is InChI=1S/C16H18BNO2/c1-15(2)16(3,4)20-17(19-15)14-10-8-13(9-11-14)7-5-6-12-18/h8-11H,6H2,1-4H3. The number of nitriles is 1. The Balaban J connectivity index is 2.13. The van der Waals surface area contributed by atoms with E-state index in [2.05, 4.69) is 11.8 Å². The van der Waals surface area contributed by atoms with E-state index in [0.29, 0.717) is 0 Å². The molecule has 1 fully saturated rings. The summed E-state index contributed by atoms with van der Waals surface area (Å²) in [5.74, 6) is 5.73. The van der Waals surface area contributed by atoms with Gasteiger partial charge < -0.3 is 9.31 Å². The van der Waals surface area contributed by atoms with Gasteiger partial charge in [-0.2, -0.15) is 5.26 Å². The molecule has 1 aliphatic rings. The summed E-state index contributed by atoms with van der Waals surface area (Å²) in [5, 5.41) is 8.44. The number of hydrogen-bond donors (Lipinski definition) is 0. The molecule has 0 saturated carbocycles. The van der Waals surface area contributed by atoms with Gasteiger partial charge in [0.15, 0.2) is 0 Å². The Hall–Kier alpha value is -1.75. The Morgan fingerprint density at radius 2 is 1.60 bits per heavy atom. The predicted octanol–water partition coefficient (Wildman–Crippen LogP) is 2.25. The summed E-state index contributed by atoms with van der Waals surface area (Å²) in [6.07, 6.45) is 0.249. The molecular formula is C16H18BNO2. The van der Waals surface area contributed by atoms with Crippen molar-refractivity contribution in [2.45, 2.75) is 45.3 Å². The lowest BCUT2D eigenvalue weighted by Gasteiger charge is -2.32. The van der Waals surface area contributed by atoms with Gasteiger partial charge in [0.05, 0.1) is 23.7 Å². The van der Waals surface area contributed by atoms with E-state index in [0.717, 1.165) is 11.0 Å². The molecule has 0 atom stereocenters. The molecule has 0 aliphatic carbocycles. The molecule has 20 heavy (non-hydrogen) atoms. The van der Waals surface area contributed by atoms with Crippen molar-refractivity contribution >= 4 is 12.6 Å². The van der Waals surface area contributed by atoms with Crippen molar-refractivity contribution in [3.63, 3.8) is 0 Å². The van der Waals surface area contributed by atoms with Crippen molar-refractivity contribution in [2.75, 3.05) is 0 Å². The van der Waals surface area contributed by atoms with Crippen LogP contribution >= 0.6 is 0 Å². The normalized spacial score (nSPS) is 19.1. The predicted molar refractivity (Wildman–Crippen MR) is 79.3 cm³/mol. The van der Waals surface area contributed by atoms with Gasteiger partial charge in [0.1, 0.15) is 0 Å². The first-order valence-corrected chi connectivity index (χ1v) is 6.67.